The van der Waals surface area contributed by atoms with Gasteiger partial charge in [0.1, 0.15) is 6.54 Å². The molecule has 0 unspecified atom stereocenters. The van der Waals surface area contributed by atoms with Gasteiger partial charge in [0.2, 0.25) is 5.91 Å². The summed E-state index contributed by atoms with van der Waals surface area (Å²) < 4.78 is 6.89. The van der Waals surface area contributed by atoms with Gasteiger partial charge >= 0.3 is 0 Å². The molecule has 0 spiro atoms. The first-order chi connectivity index (χ1) is 9.65. The van der Waals surface area contributed by atoms with Crippen molar-refractivity contribution < 1.29 is 9.53 Å². The summed E-state index contributed by atoms with van der Waals surface area (Å²) in [5.74, 6) is -0.00108. The molecule has 1 saturated heterocycles. The molecule has 1 aromatic heterocycles. The number of hydrogen-bond donors (Lipinski definition) is 2. The van der Waals surface area contributed by atoms with E-state index in [2.05, 4.69) is 22.5 Å². The fourth-order valence-corrected chi connectivity index (χ4v) is 2.69. The van der Waals surface area contributed by atoms with Crippen LogP contribution in [0.3, 0.4) is 0 Å². The van der Waals surface area contributed by atoms with Crippen molar-refractivity contribution in [2.24, 2.45) is 0 Å². The van der Waals surface area contributed by atoms with Crippen LogP contribution >= 0.6 is 0 Å². The number of nitrogens with one attached hydrogen (secondary N) is 2. The Morgan fingerprint density at radius 3 is 3.00 bits per heavy atom. The maximum Gasteiger partial charge on any atom is 0.240 e. The van der Waals surface area contributed by atoms with Crippen LogP contribution < -0.4 is 10.6 Å². The molecule has 2 heterocycles. The number of piperidine rings is 1. The molecule has 2 N–H and O–H groups in total. The summed E-state index contributed by atoms with van der Waals surface area (Å²) in [6, 6.07) is 0. The average molecular weight is 280 g/mol. The van der Waals surface area contributed by atoms with E-state index in [1.165, 1.54) is 0 Å². The molecule has 20 heavy (non-hydrogen) atoms. The summed E-state index contributed by atoms with van der Waals surface area (Å²) >= 11 is 0. The van der Waals surface area contributed by atoms with Crippen molar-refractivity contribution in [3.8, 4) is 0 Å². The Morgan fingerprint density at radius 2 is 2.30 bits per heavy atom. The first kappa shape index (κ1) is 15.0. The molecule has 0 saturated carbocycles. The quantitative estimate of drug-likeness (QED) is 0.735. The molecule has 6 nitrogen and oxygen atoms in total. The molecule has 2 rings (SSSR count). The molecular weight excluding hydrogens is 256 g/mol. The molecule has 0 aliphatic carbocycles. The Hall–Kier alpha value is -1.40. The molecule has 1 aliphatic rings. The molecule has 0 atom stereocenters. The molecule has 1 aliphatic heterocycles. The van der Waals surface area contributed by atoms with Crippen LogP contribution in [0.4, 0.5) is 0 Å². The fraction of sp³-hybridized carbons (Fsp3) is 0.714. The third kappa shape index (κ3) is 3.58. The second kappa shape index (κ2) is 6.85. The molecular formula is C14H24N4O2. The molecule has 1 amide bonds. The molecule has 6 heteroatoms. The van der Waals surface area contributed by atoms with E-state index in [1.54, 1.807) is 13.4 Å². The van der Waals surface area contributed by atoms with E-state index in [-0.39, 0.29) is 11.3 Å². The van der Waals surface area contributed by atoms with Crippen molar-refractivity contribution in [1.82, 2.24) is 20.2 Å². The van der Waals surface area contributed by atoms with Gasteiger partial charge in [0, 0.05) is 31.0 Å². The molecule has 0 aromatic carbocycles. The van der Waals surface area contributed by atoms with Gasteiger partial charge in [-0.3, -0.25) is 4.79 Å². The summed E-state index contributed by atoms with van der Waals surface area (Å²) in [6.07, 6.45) is 5.79. The minimum atomic E-state index is -0.00108. The SMILES string of the molecule is COCCNC(=O)Cn1cncc1C1(C)CCNCC1. The highest BCUT2D eigenvalue weighted by Gasteiger charge is 2.31. The van der Waals surface area contributed by atoms with Crippen LogP contribution in [0.2, 0.25) is 0 Å². The largest absolute Gasteiger partial charge is 0.383 e. The first-order valence-corrected chi connectivity index (χ1v) is 7.13. The van der Waals surface area contributed by atoms with Gasteiger partial charge in [0.25, 0.3) is 0 Å². The van der Waals surface area contributed by atoms with Crippen LogP contribution in [0, 0.1) is 0 Å². The Morgan fingerprint density at radius 1 is 1.55 bits per heavy atom. The van der Waals surface area contributed by atoms with Crippen LogP contribution in [0.15, 0.2) is 12.5 Å². The van der Waals surface area contributed by atoms with Crippen LogP contribution in [0.25, 0.3) is 0 Å². The number of nitrogens with zero attached hydrogens (tertiary/aromatic N) is 2. The van der Waals surface area contributed by atoms with Gasteiger partial charge in [-0.05, 0) is 25.9 Å². The summed E-state index contributed by atoms with van der Waals surface area (Å²) in [5, 5.41) is 6.21. The maximum absolute atomic E-state index is 11.9. The van der Waals surface area contributed by atoms with Crippen molar-refractivity contribution in [3.63, 3.8) is 0 Å². The lowest BCUT2D eigenvalue weighted by Crippen LogP contribution is -2.40. The first-order valence-electron chi connectivity index (χ1n) is 7.13. The molecule has 1 aromatic rings. The van der Waals surface area contributed by atoms with Crippen LogP contribution in [-0.4, -0.2) is 48.8 Å². The van der Waals surface area contributed by atoms with Gasteiger partial charge in [0.15, 0.2) is 0 Å². The third-order valence-corrected chi connectivity index (χ3v) is 3.98. The number of hydrogen-bond acceptors (Lipinski definition) is 4. The highest BCUT2D eigenvalue weighted by atomic mass is 16.5. The Kier molecular flexibility index (Phi) is 5.14. The number of rotatable bonds is 6. The minimum Gasteiger partial charge on any atom is -0.383 e. The van der Waals surface area contributed by atoms with E-state index in [4.69, 9.17) is 4.74 Å². The summed E-state index contributed by atoms with van der Waals surface area (Å²) in [5.41, 5.74) is 1.26. The van der Waals surface area contributed by atoms with Gasteiger partial charge in [-0.1, -0.05) is 6.92 Å². The Balaban J connectivity index is 1.99. The lowest BCUT2D eigenvalue weighted by atomic mass is 9.78. The predicted molar refractivity (Wildman–Crippen MR) is 76.6 cm³/mol. The predicted octanol–water partition coefficient (Wildman–Crippen LogP) is 0.287. The molecule has 0 bridgehead atoms. The van der Waals surface area contributed by atoms with Crippen molar-refractivity contribution in [1.29, 1.82) is 0 Å². The molecule has 0 radical (unpaired) electrons. The zero-order valence-electron chi connectivity index (χ0n) is 12.3. The smallest absolute Gasteiger partial charge is 0.240 e. The van der Waals surface area contributed by atoms with Gasteiger partial charge in [-0.25, -0.2) is 4.98 Å². The summed E-state index contributed by atoms with van der Waals surface area (Å²) in [6.45, 7) is 5.68. The standard InChI is InChI=1S/C14H24N4O2/c1-14(3-5-15-6-4-14)12-9-16-11-18(12)10-13(19)17-7-8-20-2/h9,11,15H,3-8,10H2,1-2H3,(H,17,19). The number of carbonyl (C=O) groups excluding carboxylic acids is 1. The van der Waals surface area contributed by atoms with E-state index in [0.29, 0.717) is 19.7 Å². The Labute approximate surface area is 119 Å². The van der Waals surface area contributed by atoms with Crippen molar-refractivity contribution in [2.45, 2.75) is 31.7 Å². The van der Waals surface area contributed by atoms with Crippen LogP contribution in [0.5, 0.6) is 0 Å². The summed E-state index contributed by atoms with van der Waals surface area (Å²) in [4.78, 5) is 16.1. The third-order valence-electron chi connectivity index (χ3n) is 3.98. The average Bonchev–Trinajstić information content (AvgIpc) is 2.89. The van der Waals surface area contributed by atoms with E-state index >= 15 is 0 Å². The Bertz CT molecular complexity index is 438. The minimum absolute atomic E-state index is 0.00108. The monoisotopic (exact) mass is 280 g/mol. The number of imidazole rings is 1. The van der Waals surface area contributed by atoms with Gasteiger partial charge in [-0.2, -0.15) is 0 Å². The lowest BCUT2D eigenvalue weighted by Gasteiger charge is -2.34. The van der Waals surface area contributed by atoms with Crippen LogP contribution in [-0.2, 0) is 21.5 Å². The van der Waals surface area contributed by atoms with E-state index in [1.807, 2.05) is 10.8 Å². The fourth-order valence-electron chi connectivity index (χ4n) is 2.69. The molecule has 112 valence electrons. The van der Waals surface area contributed by atoms with Crippen LogP contribution in [0.1, 0.15) is 25.5 Å². The topological polar surface area (TPSA) is 68.2 Å². The zero-order chi connectivity index (χ0) is 14.4. The number of ether oxygens (including phenoxy) is 1. The van der Waals surface area contributed by atoms with Crippen molar-refractivity contribution in [3.05, 3.63) is 18.2 Å². The highest BCUT2D eigenvalue weighted by Crippen LogP contribution is 2.32. The maximum atomic E-state index is 11.9. The second-order valence-corrected chi connectivity index (χ2v) is 5.56. The number of methoxy groups -OCH3 is 1. The van der Waals surface area contributed by atoms with Crippen molar-refractivity contribution in [2.75, 3.05) is 33.4 Å². The van der Waals surface area contributed by atoms with Gasteiger partial charge < -0.3 is 19.9 Å². The van der Waals surface area contributed by atoms with Crippen molar-refractivity contribution >= 4 is 5.91 Å². The lowest BCUT2D eigenvalue weighted by molar-refractivity contribution is -0.121. The highest BCUT2D eigenvalue weighted by molar-refractivity contribution is 5.75. The normalized spacial score (nSPS) is 17.9. The number of carbonyl (C=O) groups is 1. The summed E-state index contributed by atoms with van der Waals surface area (Å²) in [7, 11) is 1.62. The van der Waals surface area contributed by atoms with Gasteiger partial charge in [-0.15, -0.1) is 0 Å². The van der Waals surface area contributed by atoms with Gasteiger partial charge in [0.05, 0.1) is 12.9 Å². The number of amides is 1. The zero-order valence-corrected chi connectivity index (χ0v) is 12.3. The van der Waals surface area contributed by atoms with E-state index in [0.717, 1.165) is 31.6 Å². The number of aromatic nitrogens is 2. The van der Waals surface area contributed by atoms with E-state index in [9.17, 15) is 4.79 Å². The second-order valence-electron chi connectivity index (χ2n) is 5.56. The molecule has 1 fully saturated rings. The van der Waals surface area contributed by atoms with E-state index < -0.39 is 0 Å².